The number of benzene rings is 1. The molecule has 0 unspecified atom stereocenters. The number of carbonyl (C=O) groups excluding carboxylic acids is 1. The zero-order valence-corrected chi connectivity index (χ0v) is 14.9. The summed E-state index contributed by atoms with van der Waals surface area (Å²) in [5, 5.41) is 2.94. The molecule has 1 saturated heterocycles. The maximum Gasteiger partial charge on any atom is 0.243 e. The first kappa shape index (κ1) is 17.9. The Bertz CT molecular complexity index is 640. The Balaban J connectivity index is 2.17. The number of rotatable bonds is 6. The highest BCUT2D eigenvalue weighted by atomic mass is 32.2. The highest BCUT2D eigenvalue weighted by Crippen LogP contribution is 2.26. The van der Waals surface area contributed by atoms with Crippen LogP contribution in [-0.4, -0.2) is 37.3 Å². The lowest BCUT2D eigenvalue weighted by molar-refractivity contribution is -0.124. The smallest absolute Gasteiger partial charge is 0.243 e. The van der Waals surface area contributed by atoms with Gasteiger partial charge in [0.15, 0.2) is 0 Å². The SMILES string of the molecule is CCC[C@@H](C)NC(=O)[C@H]1CCCN1S(=O)(=O)c1ccc(C)cc1. The van der Waals surface area contributed by atoms with Gasteiger partial charge in [0.05, 0.1) is 4.90 Å². The van der Waals surface area contributed by atoms with Crippen LogP contribution in [0.5, 0.6) is 0 Å². The molecule has 1 heterocycles. The molecule has 23 heavy (non-hydrogen) atoms. The molecule has 128 valence electrons. The lowest BCUT2D eigenvalue weighted by Gasteiger charge is -2.25. The van der Waals surface area contributed by atoms with E-state index in [4.69, 9.17) is 0 Å². The number of nitrogens with zero attached hydrogens (tertiary/aromatic N) is 1. The van der Waals surface area contributed by atoms with E-state index in [9.17, 15) is 13.2 Å². The quantitative estimate of drug-likeness (QED) is 0.866. The summed E-state index contributed by atoms with van der Waals surface area (Å²) >= 11 is 0. The zero-order valence-electron chi connectivity index (χ0n) is 14.1. The molecule has 1 aromatic rings. The van der Waals surface area contributed by atoms with E-state index in [1.54, 1.807) is 24.3 Å². The first-order valence-corrected chi connectivity index (χ1v) is 9.69. The number of amides is 1. The average molecular weight is 338 g/mol. The molecule has 1 aliphatic heterocycles. The first-order valence-electron chi connectivity index (χ1n) is 8.25. The third kappa shape index (κ3) is 4.12. The molecular formula is C17H26N2O3S. The summed E-state index contributed by atoms with van der Waals surface area (Å²) in [7, 11) is -3.63. The Hall–Kier alpha value is -1.40. The van der Waals surface area contributed by atoms with Gasteiger partial charge in [-0.05, 0) is 45.2 Å². The van der Waals surface area contributed by atoms with E-state index in [0.717, 1.165) is 18.4 Å². The Labute approximate surface area is 139 Å². The second kappa shape index (κ2) is 7.45. The third-order valence-electron chi connectivity index (χ3n) is 4.24. The summed E-state index contributed by atoms with van der Waals surface area (Å²) in [4.78, 5) is 12.7. The molecular weight excluding hydrogens is 312 g/mol. The summed E-state index contributed by atoms with van der Waals surface area (Å²) in [6.07, 6.45) is 3.17. The van der Waals surface area contributed by atoms with E-state index in [1.165, 1.54) is 4.31 Å². The third-order valence-corrected chi connectivity index (χ3v) is 6.17. The minimum Gasteiger partial charge on any atom is -0.352 e. The Kier molecular flexibility index (Phi) is 5.81. The molecule has 1 aliphatic rings. The average Bonchev–Trinajstić information content (AvgIpc) is 2.98. The van der Waals surface area contributed by atoms with E-state index < -0.39 is 16.1 Å². The summed E-state index contributed by atoms with van der Waals surface area (Å²) in [6.45, 7) is 6.33. The zero-order chi connectivity index (χ0) is 17.0. The molecule has 0 radical (unpaired) electrons. The number of sulfonamides is 1. The lowest BCUT2D eigenvalue weighted by Crippen LogP contribution is -2.48. The van der Waals surface area contributed by atoms with Gasteiger partial charge >= 0.3 is 0 Å². The van der Waals surface area contributed by atoms with Crippen LogP contribution in [0.2, 0.25) is 0 Å². The van der Waals surface area contributed by atoms with Crippen LogP contribution in [0.1, 0.15) is 45.1 Å². The Morgan fingerprint density at radius 1 is 1.35 bits per heavy atom. The van der Waals surface area contributed by atoms with Crippen LogP contribution >= 0.6 is 0 Å². The largest absolute Gasteiger partial charge is 0.352 e. The van der Waals surface area contributed by atoms with Gasteiger partial charge in [0.25, 0.3) is 0 Å². The van der Waals surface area contributed by atoms with Gasteiger partial charge in [-0.15, -0.1) is 0 Å². The van der Waals surface area contributed by atoms with E-state index in [2.05, 4.69) is 12.2 Å². The van der Waals surface area contributed by atoms with Gasteiger partial charge in [0, 0.05) is 12.6 Å². The van der Waals surface area contributed by atoms with Crippen molar-refractivity contribution in [2.24, 2.45) is 0 Å². The molecule has 6 heteroatoms. The minimum absolute atomic E-state index is 0.0667. The van der Waals surface area contributed by atoms with Crippen molar-refractivity contribution in [2.45, 2.75) is 63.4 Å². The number of aryl methyl sites for hydroxylation is 1. The van der Waals surface area contributed by atoms with Crippen molar-refractivity contribution >= 4 is 15.9 Å². The maximum atomic E-state index is 12.8. The summed E-state index contributed by atoms with van der Waals surface area (Å²) < 4.78 is 27.0. The van der Waals surface area contributed by atoms with Crippen molar-refractivity contribution in [3.05, 3.63) is 29.8 Å². The Morgan fingerprint density at radius 2 is 2.00 bits per heavy atom. The van der Waals surface area contributed by atoms with Crippen molar-refractivity contribution in [1.29, 1.82) is 0 Å². The predicted molar refractivity (Wildman–Crippen MR) is 90.6 cm³/mol. The van der Waals surface area contributed by atoms with Crippen molar-refractivity contribution in [1.82, 2.24) is 9.62 Å². The Morgan fingerprint density at radius 3 is 2.61 bits per heavy atom. The summed E-state index contributed by atoms with van der Waals surface area (Å²) in [5.41, 5.74) is 1.01. The van der Waals surface area contributed by atoms with Gasteiger partial charge in [0.1, 0.15) is 6.04 Å². The number of nitrogens with one attached hydrogen (secondary N) is 1. The normalized spacial score (nSPS) is 20.4. The molecule has 0 saturated carbocycles. The van der Waals surface area contributed by atoms with Gasteiger partial charge in [-0.3, -0.25) is 4.79 Å². The molecule has 0 spiro atoms. The molecule has 0 bridgehead atoms. The van der Waals surface area contributed by atoms with Gasteiger partial charge in [0.2, 0.25) is 15.9 Å². The van der Waals surface area contributed by atoms with Crippen LogP contribution in [-0.2, 0) is 14.8 Å². The number of hydrogen-bond donors (Lipinski definition) is 1. The second-order valence-electron chi connectivity index (χ2n) is 6.29. The monoisotopic (exact) mass is 338 g/mol. The van der Waals surface area contributed by atoms with Crippen LogP contribution in [0.25, 0.3) is 0 Å². The van der Waals surface area contributed by atoms with Gasteiger partial charge in [-0.1, -0.05) is 31.0 Å². The molecule has 0 aliphatic carbocycles. The van der Waals surface area contributed by atoms with Gasteiger partial charge < -0.3 is 5.32 Å². The maximum absolute atomic E-state index is 12.8. The summed E-state index contributed by atoms with van der Waals surface area (Å²) in [5.74, 6) is -0.181. The van der Waals surface area contributed by atoms with Gasteiger partial charge in [-0.25, -0.2) is 8.42 Å². The molecule has 1 aromatic carbocycles. The molecule has 2 atom stereocenters. The highest BCUT2D eigenvalue weighted by molar-refractivity contribution is 7.89. The van der Waals surface area contributed by atoms with Crippen molar-refractivity contribution < 1.29 is 13.2 Å². The molecule has 5 nitrogen and oxygen atoms in total. The van der Waals surface area contributed by atoms with Crippen LogP contribution < -0.4 is 5.32 Å². The fourth-order valence-electron chi connectivity index (χ4n) is 2.98. The molecule has 1 N–H and O–H groups in total. The standard InChI is InChI=1S/C17H26N2O3S/c1-4-6-14(3)18-17(20)16-7-5-12-19(16)23(21,22)15-10-8-13(2)9-11-15/h8-11,14,16H,4-7,12H2,1-3H3,(H,18,20)/t14-,16-/m1/s1. The first-order chi connectivity index (χ1) is 10.9. The number of hydrogen-bond acceptors (Lipinski definition) is 3. The predicted octanol–water partition coefficient (Wildman–Crippen LogP) is 2.45. The van der Waals surface area contributed by atoms with E-state index in [-0.39, 0.29) is 16.8 Å². The van der Waals surface area contributed by atoms with Crippen LogP contribution in [0.15, 0.2) is 29.2 Å². The van der Waals surface area contributed by atoms with Crippen LogP contribution in [0, 0.1) is 6.92 Å². The van der Waals surface area contributed by atoms with E-state index in [1.807, 2.05) is 13.8 Å². The van der Waals surface area contributed by atoms with E-state index in [0.29, 0.717) is 19.4 Å². The van der Waals surface area contributed by atoms with Crippen LogP contribution in [0.3, 0.4) is 0 Å². The molecule has 1 fully saturated rings. The van der Waals surface area contributed by atoms with Crippen molar-refractivity contribution in [2.75, 3.05) is 6.54 Å². The lowest BCUT2D eigenvalue weighted by atomic mass is 10.1. The topological polar surface area (TPSA) is 66.5 Å². The molecule has 1 amide bonds. The second-order valence-corrected chi connectivity index (χ2v) is 8.18. The minimum atomic E-state index is -3.63. The van der Waals surface area contributed by atoms with E-state index >= 15 is 0 Å². The van der Waals surface area contributed by atoms with Crippen molar-refractivity contribution in [3.63, 3.8) is 0 Å². The summed E-state index contributed by atoms with van der Waals surface area (Å²) in [6, 6.07) is 6.25. The van der Waals surface area contributed by atoms with Crippen LogP contribution in [0.4, 0.5) is 0 Å². The number of carbonyl (C=O) groups is 1. The fourth-order valence-corrected chi connectivity index (χ4v) is 4.64. The fraction of sp³-hybridized carbons (Fsp3) is 0.588. The highest BCUT2D eigenvalue weighted by Gasteiger charge is 2.39. The molecule has 2 rings (SSSR count). The van der Waals surface area contributed by atoms with Crippen molar-refractivity contribution in [3.8, 4) is 0 Å². The van der Waals surface area contributed by atoms with Gasteiger partial charge in [-0.2, -0.15) is 4.31 Å². The molecule has 0 aromatic heterocycles.